The third-order valence-corrected chi connectivity index (χ3v) is 4.32. The normalized spacial score (nSPS) is 10.5. The standard InChI is InChI=1S/C18H13ClN2OS/c1-23-18-15(11-22)16(12-7-9-14(19)10-8-12)20-17(21-18)13-5-3-2-4-6-13/h2-11H,1H3. The summed E-state index contributed by atoms with van der Waals surface area (Å²) in [7, 11) is 0. The van der Waals surface area contributed by atoms with Gasteiger partial charge in [-0.1, -0.05) is 54.1 Å². The molecule has 0 radical (unpaired) electrons. The van der Waals surface area contributed by atoms with Crippen LogP contribution in [0, 0.1) is 0 Å². The van der Waals surface area contributed by atoms with Gasteiger partial charge in [-0.15, -0.1) is 11.8 Å². The molecule has 0 saturated heterocycles. The van der Waals surface area contributed by atoms with Crippen molar-refractivity contribution >= 4 is 29.6 Å². The maximum atomic E-state index is 11.6. The van der Waals surface area contributed by atoms with E-state index in [2.05, 4.69) is 9.97 Å². The van der Waals surface area contributed by atoms with Crippen LogP contribution in [-0.2, 0) is 0 Å². The lowest BCUT2D eigenvalue weighted by Gasteiger charge is -2.11. The maximum absolute atomic E-state index is 11.6. The first-order valence-electron chi connectivity index (χ1n) is 6.95. The first-order valence-corrected chi connectivity index (χ1v) is 8.55. The van der Waals surface area contributed by atoms with Crippen molar-refractivity contribution in [2.24, 2.45) is 0 Å². The highest BCUT2D eigenvalue weighted by atomic mass is 35.5. The fourth-order valence-corrected chi connectivity index (χ4v) is 2.92. The molecule has 2 aromatic carbocycles. The first kappa shape index (κ1) is 15.7. The second kappa shape index (κ2) is 6.94. The number of carbonyl (C=O) groups excluding carboxylic acids is 1. The Morgan fingerprint density at radius 3 is 2.26 bits per heavy atom. The monoisotopic (exact) mass is 340 g/mol. The maximum Gasteiger partial charge on any atom is 0.161 e. The molecule has 3 rings (SSSR count). The van der Waals surface area contributed by atoms with Crippen LogP contribution in [0.15, 0.2) is 59.6 Å². The van der Waals surface area contributed by atoms with Gasteiger partial charge in [0.15, 0.2) is 12.1 Å². The molecule has 0 saturated carbocycles. The second-order valence-electron chi connectivity index (χ2n) is 4.81. The van der Waals surface area contributed by atoms with E-state index in [9.17, 15) is 4.79 Å². The van der Waals surface area contributed by atoms with E-state index in [-0.39, 0.29) is 0 Å². The van der Waals surface area contributed by atoms with Gasteiger partial charge in [0.25, 0.3) is 0 Å². The number of rotatable bonds is 4. The zero-order valence-corrected chi connectivity index (χ0v) is 13.9. The lowest BCUT2D eigenvalue weighted by atomic mass is 10.1. The van der Waals surface area contributed by atoms with Gasteiger partial charge in [-0.25, -0.2) is 9.97 Å². The van der Waals surface area contributed by atoms with Gasteiger partial charge in [0.1, 0.15) is 5.03 Å². The molecular weight excluding hydrogens is 328 g/mol. The van der Waals surface area contributed by atoms with Crippen molar-refractivity contribution in [2.75, 3.05) is 6.26 Å². The average molecular weight is 341 g/mol. The minimum atomic E-state index is 0.500. The van der Waals surface area contributed by atoms with Gasteiger partial charge in [-0.3, -0.25) is 4.79 Å². The van der Waals surface area contributed by atoms with Crippen LogP contribution in [0.1, 0.15) is 10.4 Å². The lowest BCUT2D eigenvalue weighted by Crippen LogP contribution is -2.01. The molecule has 5 heteroatoms. The van der Waals surface area contributed by atoms with Crippen molar-refractivity contribution in [2.45, 2.75) is 5.03 Å². The van der Waals surface area contributed by atoms with Crippen molar-refractivity contribution < 1.29 is 4.79 Å². The molecule has 0 aliphatic carbocycles. The van der Waals surface area contributed by atoms with Gasteiger partial charge in [0.2, 0.25) is 0 Å². The molecule has 0 aliphatic rings. The summed E-state index contributed by atoms with van der Waals surface area (Å²) >= 11 is 7.38. The smallest absolute Gasteiger partial charge is 0.161 e. The Morgan fingerprint density at radius 1 is 0.957 bits per heavy atom. The summed E-state index contributed by atoms with van der Waals surface area (Å²) in [5.74, 6) is 0.602. The largest absolute Gasteiger partial charge is 0.298 e. The van der Waals surface area contributed by atoms with Crippen LogP contribution >= 0.6 is 23.4 Å². The molecular formula is C18H13ClN2OS. The summed E-state index contributed by atoms with van der Waals surface area (Å²) in [6.45, 7) is 0. The molecule has 3 aromatic rings. The Hall–Kier alpha value is -2.17. The Morgan fingerprint density at radius 2 is 1.65 bits per heavy atom. The van der Waals surface area contributed by atoms with Crippen LogP contribution < -0.4 is 0 Å². The zero-order valence-electron chi connectivity index (χ0n) is 12.4. The van der Waals surface area contributed by atoms with Crippen LogP contribution in [0.25, 0.3) is 22.6 Å². The summed E-state index contributed by atoms with van der Waals surface area (Å²) < 4.78 is 0. The zero-order chi connectivity index (χ0) is 16.2. The van der Waals surface area contributed by atoms with Crippen LogP contribution in [0.5, 0.6) is 0 Å². The van der Waals surface area contributed by atoms with E-state index in [1.165, 1.54) is 11.8 Å². The number of nitrogens with zero attached hydrogens (tertiary/aromatic N) is 2. The third-order valence-electron chi connectivity index (χ3n) is 3.37. The van der Waals surface area contributed by atoms with Crippen molar-refractivity contribution in [1.29, 1.82) is 0 Å². The number of hydrogen-bond acceptors (Lipinski definition) is 4. The quantitative estimate of drug-likeness (QED) is 0.381. The van der Waals surface area contributed by atoms with Gasteiger partial charge in [-0.2, -0.15) is 0 Å². The van der Waals surface area contributed by atoms with E-state index < -0.39 is 0 Å². The van der Waals surface area contributed by atoms with E-state index in [1.807, 2.05) is 48.7 Å². The van der Waals surface area contributed by atoms with E-state index in [0.29, 0.717) is 27.1 Å². The van der Waals surface area contributed by atoms with Crippen LogP contribution in [0.3, 0.4) is 0 Å². The Balaban J connectivity index is 2.24. The van der Waals surface area contributed by atoms with Crippen LogP contribution in [0.4, 0.5) is 0 Å². The fraction of sp³-hybridized carbons (Fsp3) is 0.0556. The Kier molecular flexibility index (Phi) is 4.74. The Labute approximate surface area is 143 Å². The van der Waals surface area contributed by atoms with Crippen molar-refractivity contribution in [3.05, 3.63) is 65.2 Å². The minimum Gasteiger partial charge on any atom is -0.298 e. The predicted molar refractivity (Wildman–Crippen MR) is 95.1 cm³/mol. The summed E-state index contributed by atoms with van der Waals surface area (Å²) in [5.41, 5.74) is 2.87. The van der Waals surface area contributed by atoms with Crippen molar-refractivity contribution in [3.63, 3.8) is 0 Å². The topological polar surface area (TPSA) is 42.9 Å². The van der Waals surface area contributed by atoms with Gasteiger partial charge in [0.05, 0.1) is 11.3 Å². The molecule has 0 bridgehead atoms. The number of thioether (sulfide) groups is 1. The Bertz CT molecular complexity index is 836. The molecule has 0 spiro atoms. The number of hydrogen-bond donors (Lipinski definition) is 0. The van der Waals surface area contributed by atoms with Gasteiger partial charge in [-0.05, 0) is 18.4 Å². The van der Waals surface area contributed by atoms with Crippen LogP contribution in [-0.4, -0.2) is 22.5 Å². The molecule has 0 amide bonds. The van der Waals surface area contributed by atoms with Crippen molar-refractivity contribution in [1.82, 2.24) is 9.97 Å². The lowest BCUT2D eigenvalue weighted by molar-refractivity contribution is 0.112. The number of aromatic nitrogens is 2. The first-order chi connectivity index (χ1) is 11.2. The summed E-state index contributed by atoms with van der Waals surface area (Å²) in [5, 5.41) is 1.31. The fourth-order valence-electron chi connectivity index (χ4n) is 2.25. The summed E-state index contributed by atoms with van der Waals surface area (Å²) in [6, 6.07) is 17.0. The van der Waals surface area contributed by atoms with E-state index in [1.54, 1.807) is 12.1 Å². The number of aldehydes is 1. The third kappa shape index (κ3) is 3.28. The average Bonchev–Trinajstić information content (AvgIpc) is 2.62. The van der Waals surface area contributed by atoms with Crippen LogP contribution in [0.2, 0.25) is 5.02 Å². The molecule has 114 valence electrons. The SMILES string of the molecule is CSc1nc(-c2ccccc2)nc(-c2ccc(Cl)cc2)c1C=O. The molecule has 0 unspecified atom stereocenters. The number of halogens is 1. The van der Waals surface area contributed by atoms with Gasteiger partial charge in [0, 0.05) is 16.1 Å². The molecule has 3 nitrogen and oxygen atoms in total. The second-order valence-corrected chi connectivity index (χ2v) is 6.04. The molecule has 0 atom stereocenters. The number of carbonyl (C=O) groups is 1. The summed E-state index contributed by atoms with van der Waals surface area (Å²) in [4.78, 5) is 20.7. The predicted octanol–water partition coefficient (Wildman–Crippen LogP) is 5.00. The van der Waals surface area contributed by atoms with E-state index in [0.717, 1.165) is 17.4 Å². The highest BCUT2D eigenvalue weighted by Crippen LogP contribution is 2.30. The molecule has 1 heterocycles. The molecule has 0 aliphatic heterocycles. The van der Waals surface area contributed by atoms with Gasteiger partial charge >= 0.3 is 0 Å². The van der Waals surface area contributed by atoms with E-state index >= 15 is 0 Å². The molecule has 0 fully saturated rings. The number of benzene rings is 2. The van der Waals surface area contributed by atoms with Gasteiger partial charge < -0.3 is 0 Å². The van der Waals surface area contributed by atoms with Crippen molar-refractivity contribution in [3.8, 4) is 22.6 Å². The molecule has 1 aromatic heterocycles. The van der Waals surface area contributed by atoms with E-state index in [4.69, 9.17) is 11.6 Å². The minimum absolute atomic E-state index is 0.500. The highest BCUT2D eigenvalue weighted by molar-refractivity contribution is 7.98. The summed E-state index contributed by atoms with van der Waals surface area (Å²) in [6.07, 6.45) is 2.71. The highest BCUT2D eigenvalue weighted by Gasteiger charge is 2.16. The molecule has 0 N–H and O–H groups in total. The molecule has 23 heavy (non-hydrogen) atoms.